The molecule has 0 unspecified atom stereocenters. The maximum atomic E-state index is 3.65. The normalized spacial score (nSPS) is 11.4. The zero-order valence-corrected chi connectivity index (χ0v) is 24.4. The maximum Gasteiger partial charge on any atom is 0.0234 e. The van der Waals surface area contributed by atoms with Gasteiger partial charge in [-0.25, -0.2) is 0 Å². The predicted molar refractivity (Wildman–Crippen MR) is 173 cm³/mol. The molecular weight excluding hydrogens is 502 g/mol. The van der Waals surface area contributed by atoms with Gasteiger partial charge in [0.15, 0.2) is 0 Å². The van der Waals surface area contributed by atoms with Crippen molar-refractivity contribution in [2.24, 2.45) is 0 Å². The van der Waals surface area contributed by atoms with Crippen molar-refractivity contribution in [1.29, 1.82) is 0 Å². The molecule has 4 aromatic rings. The Hall–Kier alpha value is -3.32. The van der Waals surface area contributed by atoms with Gasteiger partial charge in [-0.05, 0) is 22.3 Å². The van der Waals surface area contributed by atoms with E-state index in [1.807, 2.05) is 0 Å². The highest BCUT2D eigenvalue weighted by atomic mass is 15.2. The first-order valence-corrected chi connectivity index (χ1v) is 15.1. The summed E-state index contributed by atoms with van der Waals surface area (Å²) in [6.07, 6.45) is 0. The third-order valence-electron chi connectivity index (χ3n) is 7.26. The molecule has 0 aliphatic carbocycles. The first kappa shape index (κ1) is 30.6. The molecule has 5 nitrogen and oxygen atoms in total. The summed E-state index contributed by atoms with van der Waals surface area (Å²) in [6.45, 7) is 11.8. The van der Waals surface area contributed by atoms with Crippen molar-refractivity contribution in [1.82, 2.24) is 25.8 Å². The number of benzene rings is 4. The summed E-state index contributed by atoms with van der Waals surface area (Å²) in [5.74, 6) is 0. The zero-order chi connectivity index (χ0) is 28.2. The molecule has 0 aromatic heterocycles. The number of hydrogen-bond acceptors (Lipinski definition) is 5. The van der Waals surface area contributed by atoms with Crippen molar-refractivity contribution in [3.05, 3.63) is 144 Å². The number of nitrogens with one attached hydrogen (secondary N) is 3. The van der Waals surface area contributed by atoms with Crippen LogP contribution in [0.5, 0.6) is 0 Å². The quantitative estimate of drug-likeness (QED) is 0.133. The molecule has 41 heavy (non-hydrogen) atoms. The van der Waals surface area contributed by atoms with Gasteiger partial charge in [-0.15, -0.1) is 0 Å². The molecule has 0 radical (unpaired) electrons. The average Bonchev–Trinajstić information content (AvgIpc) is 3.03. The van der Waals surface area contributed by atoms with Crippen LogP contribution in [0, 0.1) is 0 Å². The molecule has 0 aliphatic heterocycles. The fourth-order valence-corrected chi connectivity index (χ4v) is 4.94. The van der Waals surface area contributed by atoms with Gasteiger partial charge in [-0.1, -0.05) is 121 Å². The highest BCUT2D eigenvalue weighted by Gasteiger charge is 2.11. The molecule has 0 fully saturated rings. The maximum absolute atomic E-state index is 3.65. The van der Waals surface area contributed by atoms with E-state index >= 15 is 0 Å². The minimum atomic E-state index is 0.909. The van der Waals surface area contributed by atoms with E-state index in [1.54, 1.807) is 0 Å². The minimum absolute atomic E-state index is 0.909. The molecule has 0 heterocycles. The molecule has 0 amide bonds. The molecule has 0 atom stereocenters. The van der Waals surface area contributed by atoms with E-state index in [0.29, 0.717) is 0 Å². The van der Waals surface area contributed by atoms with E-state index in [0.717, 1.165) is 78.5 Å². The second-order valence-electron chi connectivity index (χ2n) is 10.6. The Morgan fingerprint density at radius 3 is 1.12 bits per heavy atom. The molecule has 0 saturated heterocycles. The van der Waals surface area contributed by atoms with Gasteiger partial charge in [-0.3, -0.25) is 9.80 Å². The van der Waals surface area contributed by atoms with Crippen LogP contribution in [0.2, 0.25) is 0 Å². The molecule has 3 N–H and O–H groups in total. The molecule has 0 spiro atoms. The standard InChI is InChI=1S/C36H47N5/c1-5-13-33(14-6-1)29-38-22-21-37-23-25-40(31-35-17-9-3-10-18-35)27-28-41(32-36-19-11-4-12-20-36)26-24-39-30-34-15-7-2-8-16-34/h1-20,37-39H,21-32H2. The molecular formula is C36H47N5. The van der Waals surface area contributed by atoms with Crippen LogP contribution in [0.3, 0.4) is 0 Å². The van der Waals surface area contributed by atoms with E-state index in [1.165, 1.54) is 22.3 Å². The van der Waals surface area contributed by atoms with Crippen LogP contribution in [0.15, 0.2) is 121 Å². The Morgan fingerprint density at radius 2 is 0.683 bits per heavy atom. The van der Waals surface area contributed by atoms with Gasteiger partial charge in [0.25, 0.3) is 0 Å². The first-order chi connectivity index (χ1) is 20.3. The topological polar surface area (TPSA) is 42.6 Å². The molecule has 216 valence electrons. The van der Waals surface area contributed by atoms with E-state index in [-0.39, 0.29) is 0 Å². The van der Waals surface area contributed by atoms with Crippen LogP contribution < -0.4 is 16.0 Å². The number of rotatable bonds is 20. The Morgan fingerprint density at radius 1 is 0.341 bits per heavy atom. The molecule has 5 heteroatoms. The predicted octanol–water partition coefficient (Wildman–Crippen LogP) is 5.16. The van der Waals surface area contributed by atoms with Gasteiger partial charge in [0.05, 0.1) is 0 Å². The summed E-state index contributed by atoms with van der Waals surface area (Å²) in [7, 11) is 0. The van der Waals surface area contributed by atoms with Crippen LogP contribution in [-0.2, 0) is 26.2 Å². The summed E-state index contributed by atoms with van der Waals surface area (Å²) < 4.78 is 0. The van der Waals surface area contributed by atoms with Gasteiger partial charge < -0.3 is 16.0 Å². The fraction of sp³-hybridized carbons (Fsp3) is 0.333. The van der Waals surface area contributed by atoms with Crippen LogP contribution >= 0.6 is 0 Å². The summed E-state index contributed by atoms with van der Waals surface area (Å²) in [6, 6.07) is 43.0. The number of hydrogen-bond donors (Lipinski definition) is 3. The van der Waals surface area contributed by atoms with Crippen LogP contribution in [0.1, 0.15) is 22.3 Å². The SMILES string of the molecule is c1ccc(CNCCNCCN(CCN(CCNCc2ccccc2)Cc2ccccc2)Cc2ccccc2)cc1. The van der Waals surface area contributed by atoms with Gasteiger partial charge in [0.2, 0.25) is 0 Å². The molecule has 4 rings (SSSR count). The van der Waals surface area contributed by atoms with Crippen molar-refractivity contribution in [3.63, 3.8) is 0 Å². The van der Waals surface area contributed by atoms with Gasteiger partial charge in [0.1, 0.15) is 0 Å². The van der Waals surface area contributed by atoms with E-state index < -0.39 is 0 Å². The largest absolute Gasteiger partial charge is 0.314 e. The Balaban J connectivity index is 1.24. The second kappa shape index (κ2) is 18.9. The van der Waals surface area contributed by atoms with Crippen LogP contribution in [-0.4, -0.2) is 62.2 Å². The highest BCUT2D eigenvalue weighted by Crippen LogP contribution is 2.08. The summed E-state index contributed by atoms with van der Waals surface area (Å²) in [4.78, 5) is 5.18. The van der Waals surface area contributed by atoms with Gasteiger partial charge in [-0.2, -0.15) is 0 Å². The number of nitrogens with zero attached hydrogens (tertiary/aromatic N) is 2. The van der Waals surface area contributed by atoms with Gasteiger partial charge >= 0.3 is 0 Å². The van der Waals surface area contributed by atoms with Crippen molar-refractivity contribution >= 4 is 0 Å². The molecule has 4 aromatic carbocycles. The lowest BCUT2D eigenvalue weighted by molar-refractivity contribution is 0.193. The smallest absolute Gasteiger partial charge is 0.0234 e. The molecule has 0 bridgehead atoms. The zero-order valence-electron chi connectivity index (χ0n) is 24.4. The highest BCUT2D eigenvalue weighted by molar-refractivity contribution is 5.16. The average molecular weight is 550 g/mol. The fourth-order valence-electron chi connectivity index (χ4n) is 4.94. The van der Waals surface area contributed by atoms with E-state index in [2.05, 4.69) is 147 Å². The Labute approximate surface area is 247 Å². The first-order valence-electron chi connectivity index (χ1n) is 15.1. The second-order valence-corrected chi connectivity index (χ2v) is 10.6. The van der Waals surface area contributed by atoms with Crippen molar-refractivity contribution in [2.75, 3.05) is 52.4 Å². The third-order valence-corrected chi connectivity index (χ3v) is 7.26. The monoisotopic (exact) mass is 549 g/mol. The lowest BCUT2D eigenvalue weighted by atomic mass is 10.2. The molecule has 0 aliphatic rings. The van der Waals surface area contributed by atoms with Crippen molar-refractivity contribution in [3.8, 4) is 0 Å². The Kier molecular flexibility index (Phi) is 14.1. The lowest BCUT2D eigenvalue weighted by Crippen LogP contribution is -2.40. The summed E-state index contributed by atoms with van der Waals surface area (Å²) in [5, 5.41) is 10.8. The summed E-state index contributed by atoms with van der Waals surface area (Å²) >= 11 is 0. The Bertz CT molecular complexity index is 1170. The van der Waals surface area contributed by atoms with E-state index in [9.17, 15) is 0 Å². The molecule has 0 saturated carbocycles. The van der Waals surface area contributed by atoms with Crippen molar-refractivity contribution in [2.45, 2.75) is 26.2 Å². The van der Waals surface area contributed by atoms with Crippen molar-refractivity contribution < 1.29 is 0 Å². The lowest BCUT2D eigenvalue weighted by Gasteiger charge is -2.28. The summed E-state index contributed by atoms with van der Waals surface area (Å²) in [5.41, 5.74) is 5.40. The van der Waals surface area contributed by atoms with E-state index in [4.69, 9.17) is 0 Å². The third kappa shape index (κ3) is 12.8. The van der Waals surface area contributed by atoms with Crippen LogP contribution in [0.4, 0.5) is 0 Å². The van der Waals surface area contributed by atoms with Gasteiger partial charge in [0, 0.05) is 78.5 Å². The minimum Gasteiger partial charge on any atom is -0.314 e. The van der Waals surface area contributed by atoms with Crippen LogP contribution in [0.25, 0.3) is 0 Å².